The predicted octanol–water partition coefficient (Wildman–Crippen LogP) is 19.3. The minimum atomic E-state index is -0.767. The Kier molecular flexibility index (Phi) is 53.2. The summed E-state index contributed by atoms with van der Waals surface area (Å²) in [6.45, 7) is 6.68. The van der Waals surface area contributed by atoms with Crippen LogP contribution in [0, 0.1) is 0 Å². The fraction of sp³-hybridized carbons (Fsp3) is 0.915. The van der Waals surface area contributed by atoms with Gasteiger partial charge in [0.15, 0.2) is 6.10 Å². The van der Waals surface area contributed by atoms with E-state index >= 15 is 0 Å². The molecule has 0 radical (unpaired) electrons. The summed E-state index contributed by atoms with van der Waals surface area (Å²) in [6, 6.07) is 0. The zero-order valence-corrected chi connectivity index (χ0v) is 44.0. The van der Waals surface area contributed by atoms with Crippen molar-refractivity contribution in [3.63, 3.8) is 0 Å². The third kappa shape index (κ3) is 53.0. The van der Waals surface area contributed by atoms with Crippen LogP contribution in [0.4, 0.5) is 0 Å². The van der Waals surface area contributed by atoms with Gasteiger partial charge in [0, 0.05) is 19.3 Å². The van der Waals surface area contributed by atoms with Gasteiger partial charge in [0.2, 0.25) is 0 Å². The summed E-state index contributed by atoms with van der Waals surface area (Å²) in [7, 11) is 0. The van der Waals surface area contributed by atoms with Crippen LogP contribution in [-0.4, -0.2) is 37.2 Å². The van der Waals surface area contributed by atoms with Gasteiger partial charge in [0.25, 0.3) is 0 Å². The molecule has 0 amide bonds. The van der Waals surface area contributed by atoms with Gasteiger partial charge in [-0.1, -0.05) is 277 Å². The van der Waals surface area contributed by atoms with Crippen LogP contribution in [0.25, 0.3) is 0 Å². The topological polar surface area (TPSA) is 78.9 Å². The van der Waals surface area contributed by atoms with Crippen LogP contribution in [0.15, 0.2) is 12.2 Å². The maximum absolute atomic E-state index is 12.9. The van der Waals surface area contributed by atoms with Gasteiger partial charge in [-0.15, -0.1) is 0 Å². The first-order chi connectivity index (χ1) is 32.0. The molecule has 0 fully saturated rings. The average Bonchev–Trinajstić information content (AvgIpc) is 3.30. The minimum Gasteiger partial charge on any atom is -0.462 e. The molecule has 6 heteroatoms. The van der Waals surface area contributed by atoms with Crippen LogP contribution in [0.1, 0.15) is 329 Å². The lowest BCUT2D eigenvalue weighted by atomic mass is 10.0. The Balaban J connectivity index is 4.30. The van der Waals surface area contributed by atoms with Crippen molar-refractivity contribution in [3.05, 3.63) is 12.2 Å². The normalized spacial score (nSPS) is 12.0. The Morgan fingerprint density at radius 1 is 0.292 bits per heavy atom. The minimum absolute atomic E-state index is 0.0664. The molecule has 0 aromatic heterocycles. The second kappa shape index (κ2) is 54.8. The summed E-state index contributed by atoms with van der Waals surface area (Å²) in [5.74, 6) is -0.850. The molecule has 0 aliphatic carbocycles. The van der Waals surface area contributed by atoms with Crippen molar-refractivity contribution in [1.29, 1.82) is 0 Å². The second-order valence-electron chi connectivity index (χ2n) is 19.9. The first kappa shape index (κ1) is 63.1. The lowest BCUT2D eigenvalue weighted by Crippen LogP contribution is -2.30. The first-order valence-electron chi connectivity index (χ1n) is 29.2. The molecule has 0 heterocycles. The molecule has 0 spiro atoms. The van der Waals surface area contributed by atoms with E-state index in [-0.39, 0.29) is 31.1 Å². The maximum atomic E-state index is 12.9. The van der Waals surface area contributed by atoms with Crippen molar-refractivity contribution in [2.24, 2.45) is 0 Å². The molecule has 384 valence electrons. The quantitative estimate of drug-likeness (QED) is 0.0262. The van der Waals surface area contributed by atoms with E-state index in [0.717, 1.165) is 64.2 Å². The summed E-state index contributed by atoms with van der Waals surface area (Å²) in [6.07, 6.45) is 62.0. The van der Waals surface area contributed by atoms with Crippen molar-refractivity contribution >= 4 is 17.9 Å². The van der Waals surface area contributed by atoms with Gasteiger partial charge in [-0.3, -0.25) is 14.4 Å². The fourth-order valence-corrected chi connectivity index (χ4v) is 8.85. The summed E-state index contributed by atoms with van der Waals surface area (Å²) in [5.41, 5.74) is 0. The SMILES string of the molecule is CCCCCC/C=C/CCCCCCCC(=O)OC[C@H](COC(=O)CCCCCCCCCCCCCCCCCCC)OC(=O)CCCCCCCCCCCCCCCCCCC. The number of rotatable bonds is 54. The molecule has 0 saturated carbocycles. The Labute approximate surface area is 405 Å². The molecule has 0 N–H and O–H groups in total. The highest BCUT2D eigenvalue weighted by atomic mass is 16.6. The fourth-order valence-electron chi connectivity index (χ4n) is 8.85. The first-order valence-corrected chi connectivity index (χ1v) is 29.2. The zero-order valence-electron chi connectivity index (χ0n) is 44.0. The average molecular weight is 918 g/mol. The van der Waals surface area contributed by atoms with E-state index in [9.17, 15) is 14.4 Å². The van der Waals surface area contributed by atoms with Crippen molar-refractivity contribution in [2.75, 3.05) is 13.2 Å². The maximum Gasteiger partial charge on any atom is 0.306 e. The highest BCUT2D eigenvalue weighted by Crippen LogP contribution is 2.17. The Bertz CT molecular complexity index is 1010. The number of carbonyl (C=O) groups excluding carboxylic acids is 3. The summed E-state index contributed by atoms with van der Waals surface area (Å²) >= 11 is 0. The molecule has 0 aromatic carbocycles. The van der Waals surface area contributed by atoms with Crippen LogP contribution in [0.2, 0.25) is 0 Å². The van der Waals surface area contributed by atoms with Crippen molar-refractivity contribution < 1.29 is 28.6 Å². The number of esters is 3. The van der Waals surface area contributed by atoms with Gasteiger partial charge in [-0.05, 0) is 44.9 Å². The number of hydrogen-bond donors (Lipinski definition) is 0. The molecule has 6 nitrogen and oxygen atoms in total. The highest BCUT2D eigenvalue weighted by Gasteiger charge is 2.19. The third-order valence-corrected chi connectivity index (χ3v) is 13.3. The van der Waals surface area contributed by atoms with Gasteiger partial charge in [-0.2, -0.15) is 0 Å². The largest absolute Gasteiger partial charge is 0.462 e. The van der Waals surface area contributed by atoms with Gasteiger partial charge in [0.05, 0.1) is 0 Å². The van der Waals surface area contributed by atoms with E-state index < -0.39 is 6.10 Å². The molecule has 0 aromatic rings. The molecule has 1 atom stereocenters. The Hall–Kier alpha value is -1.85. The van der Waals surface area contributed by atoms with Gasteiger partial charge in [0.1, 0.15) is 13.2 Å². The number of carbonyl (C=O) groups is 3. The summed E-state index contributed by atoms with van der Waals surface area (Å²) in [5, 5.41) is 0. The lowest BCUT2D eigenvalue weighted by Gasteiger charge is -2.18. The Morgan fingerprint density at radius 3 is 0.785 bits per heavy atom. The predicted molar refractivity (Wildman–Crippen MR) is 280 cm³/mol. The molecule has 0 aliphatic rings. The van der Waals surface area contributed by atoms with Crippen molar-refractivity contribution in [2.45, 2.75) is 335 Å². The summed E-state index contributed by atoms with van der Waals surface area (Å²) in [4.78, 5) is 38.1. The van der Waals surface area contributed by atoms with Crippen LogP contribution >= 0.6 is 0 Å². The van der Waals surface area contributed by atoms with Gasteiger partial charge >= 0.3 is 17.9 Å². The number of allylic oxidation sites excluding steroid dienone is 2. The van der Waals surface area contributed by atoms with Crippen molar-refractivity contribution in [1.82, 2.24) is 0 Å². The van der Waals surface area contributed by atoms with E-state index in [1.165, 1.54) is 225 Å². The number of ether oxygens (including phenoxy) is 3. The monoisotopic (exact) mass is 917 g/mol. The zero-order chi connectivity index (χ0) is 47.2. The van der Waals surface area contributed by atoms with Crippen LogP contribution in [0.3, 0.4) is 0 Å². The second-order valence-corrected chi connectivity index (χ2v) is 19.9. The summed E-state index contributed by atoms with van der Waals surface area (Å²) < 4.78 is 16.9. The molecule has 0 saturated heterocycles. The van der Waals surface area contributed by atoms with E-state index in [4.69, 9.17) is 14.2 Å². The molecule has 0 aliphatic heterocycles. The smallest absolute Gasteiger partial charge is 0.306 e. The molecule has 0 unspecified atom stereocenters. The van der Waals surface area contributed by atoms with E-state index in [2.05, 4.69) is 32.9 Å². The van der Waals surface area contributed by atoms with E-state index in [0.29, 0.717) is 19.3 Å². The van der Waals surface area contributed by atoms with Crippen LogP contribution < -0.4 is 0 Å². The highest BCUT2D eigenvalue weighted by molar-refractivity contribution is 5.71. The lowest BCUT2D eigenvalue weighted by molar-refractivity contribution is -0.167. The van der Waals surface area contributed by atoms with E-state index in [1.807, 2.05) is 0 Å². The van der Waals surface area contributed by atoms with Crippen LogP contribution in [-0.2, 0) is 28.6 Å². The third-order valence-electron chi connectivity index (χ3n) is 13.3. The number of unbranched alkanes of at least 4 members (excludes halogenated alkanes) is 41. The van der Waals surface area contributed by atoms with Crippen LogP contribution in [0.5, 0.6) is 0 Å². The van der Waals surface area contributed by atoms with E-state index in [1.54, 1.807) is 0 Å². The molecule has 65 heavy (non-hydrogen) atoms. The van der Waals surface area contributed by atoms with Crippen molar-refractivity contribution in [3.8, 4) is 0 Å². The standard InChI is InChI=1S/C59H112O6/c1-4-7-10-13-16-19-22-25-27-29-31-34-37-40-43-46-49-52-58(61)64-55-56(54-63-57(60)51-48-45-42-39-36-33-24-21-18-15-12-9-6-3)65-59(62)53-50-47-44-41-38-35-32-30-28-26-23-20-17-14-11-8-5-2/h21,24,56H,4-20,22-23,25-55H2,1-3H3/b24-21+/t56-/m1/s1. The van der Waals surface area contributed by atoms with Gasteiger partial charge < -0.3 is 14.2 Å². The molecule has 0 bridgehead atoms. The molecule has 0 rings (SSSR count). The molecular weight excluding hydrogens is 805 g/mol. The number of hydrogen-bond acceptors (Lipinski definition) is 6. The van der Waals surface area contributed by atoms with Gasteiger partial charge in [-0.25, -0.2) is 0 Å². The Morgan fingerprint density at radius 2 is 0.508 bits per heavy atom. The molecular formula is C59H112O6.